The molecule has 1 aromatic rings. The molecule has 1 rings (SSSR count). The Morgan fingerprint density at radius 1 is 0.800 bits per heavy atom. The Morgan fingerprint density at radius 2 is 1.16 bits per heavy atom. The maximum absolute atomic E-state index is 13.2. The third kappa shape index (κ3) is 6.17. The SMILES string of the molecule is CCOP(=O)(OCC)C(Oc1ccc(F)cc1)P(=O)(OCC)OCC. The van der Waals surface area contributed by atoms with Gasteiger partial charge in [-0.2, -0.15) is 0 Å². The van der Waals surface area contributed by atoms with Crippen molar-refractivity contribution < 1.29 is 36.4 Å². The predicted molar refractivity (Wildman–Crippen MR) is 92.5 cm³/mol. The molecule has 0 N–H and O–H groups in total. The molecule has 0 radical (unpaired) electrons. The van der Waals surface area contributed by atoms with E-state index in [0.717, 1.165) is 12.1 Å². The van der Waals surface area contributed by atoms with Gasteiger partial charge in [-0.15, -0.1) is 0 Å². The Labute approximate surface area is 147 Å². The zero-order valence-corrected chi connectivity index (χ0v) is 16.6. The first-order chi connectivity index (χ1) is 11.8. The van der Waals surface area contributed by atoms with Crippen LogP contribution in [0.15, 0.2) is 24.3 Å². The minimum Gasteiger partial charge on any atom is -0.465 e. The lowest BCUT2D eigenvalue weighted by molar-refractivity contribution is 0.150. The van der Waals surface area contributed by atoms with E-state index in [4.69, 9.17) is 22.8 Å². The van der Waals surface area contributed by atoms with Gasteiger partial charge in [0.15, 0.2) is 0 Å². The summed E-state index contributed by atoms with van der Waals surface area (Å²) in [6.07, 6.45) is 0. The molecular formula is C15H25FO7P2. The van der Waals surface area contributed by atoms with Gasteiger partial charge in [0.05, 0.1) is 26.4 Å². The van der Waals surface area contributed by atoms with Crippen LogP contribution in [0.3, 0.4) is 0 Å². The van der Waals surface area contributed by atoms with Crippen LogP contribution in [0, 0.1) is 5.82 Å². The number of hydrogen-bond acceptors (Lipinski definition) is 7. The smallest absolute Gasteiger partial charge is 0.383 e. The van der Waals surface area contributed by atoms with Crippen LogP contribution in [0.2, 0.25) is 0 Å². The lowest BCUT2D eigenvalue weighted by Crippen LogP contribution is -2.23. The number of benzene rings is 1. The maximum atomic E-state index is 13.2. The first kappa shape index (κ1) is 22.3. The van der Waals surface area contributed by atoms with Gasteiger partial charge < -0.3 is 22.8 Å². The topological polar surface area (TPSA) is 80.3 Å². The highest BCUT2D eigenvalue weighted by Gasteiger charge is 2.53. The highest BCUT2D eigenvalue weighted by Crippen LogP contribution is 2.70. The lowest BCUT2D eigenvalue weighted by Gasteiger charge is -2.31. The fraction of sp³-hybridized carbons (Fsp3) is 0.600. The molecule has 7 nitrogen and oxygen atoms in total. The Kier molecular flexibility index (Phi) is 9.28. The summed E-state index contributed by atoms with van der Waals surface area (Å²) >= 11 is 0. The van der Waals surface area contributed by atoms with Gasteiger partial charge >= 0.3 is 15.2 Å². The standard InChI is InChI=1S/C15H25FO7P2/c1-5-19-24(17,20-6-2)15(25(18,21-7-3)22-8-4)23-14-11-9-13(16)10-12-14/h9-12,15H,5-8H2,1-4H3. The second-order valence-electron chi connectivity index (χ2n) is 4.65. The summed E-state index contributed by atoms with van der Waals surface area (Å²) in [6, 6.07) is 4.94. The molecule has 144 valence electrons. The minimum atomic E-state index is -4.02. The quantitative estimate of drug-likeness (QED) is 0.457. The molecule has 0 unspecified atom stereocenters. The van der Waals surface area contributed by atoms with E-state index in [1.54, 1.807) is 27.7 Å². The van der Waals surface area contributed by atoms with Gasteiger partial charge in [-0.25, -0.2) is 4.39 Å². The van der Waals surface area contributed by atoms with Gasteiger partial charge in [-0.05, 0) is 52.0 Å². The van der Waals surface area contributed by atoms with E-state index in [9.17, 15) is 13.5 Å². The van der Waals surface area contributed by atoms with E-state index in [2.05, 4.69) is 0 Å². The van der Waals surface area contributed by atoms with Crippen molar-refractivity contribution in [1.82, 2.24) is 0 Å². The number of rotatable bonds is 12. The van der Waals surface area contributed by atoms with Gasteiger partial charge in [0.1, 0.15) is 11.6 Å². The Balaban J connectivity index is 3.34. The van der Waals surface area contributed by atoms with Gasteiger partial charge in [0, 0.05) is 0 Å². The molecule has 10 heteroatoms. The van der Waals surface area contributed by atoms with Crippen molar-refractivity contribution >= 4 is 15.2 Å². The summed E-state index contributed by atoms with van der Waals surface area (Å²) in [4.78, 5) is 0. The van der Waals surface area contributed by atoms with Crippen molar-refractivity contribution in [2.24, 2.45) is 0 Å². The normalized spacial score (nSPS) is 12.6. The number of hydrogen-bond donors (Lipinski definition) is 0. The molecule has 1 aromatic carbocycles. The van der Waals surface area contributed by atoms with Crippen molar-refractivity contribution in [3.8, 4) is 5.75 Å². The van der Waals surface area contributed by atoms with Crippen molar-refractivity contribution in [2.75, 3.05) is 26.4 Å². The summed E-state index contributed by atoms with van der Waals surface area (Å²) in [7, 11) is -8.03. The van der Waals surface area contributed by atoms with Crippen LogP contribution in [-0.4, -0.2) is 32.0 Å². The van der Waals surface area contributed by atoms with Crippen LogP contribution in [-0.2, 0) is 27.2 Å². The Bertz CT molecular complexity index is 558. The second-order valence-corrected chi connectivity index (χ2v) is 9.19. The largest absolute Gasteiger partial charge is 0.465 e. The molecule has 0 aliphatic heterocycles. The fourth-order valence-corrected chi connectivity index (χ4v) is 6.77. The van der Waals surface area contributed by atoms with Gasteiger partial charge in [0.25, 0.3) is 5.59 Å². The van der Waals surface area contributed by atoms with E-state index >= 15 is 0 Å². The molecule has 25 heavy (non-hydrogen) atoms. The van der Waals surface area contributed by atoms with Crippen LogP contribution in [0.4, 0.5) is 4.39 Å². The van der Waals surface area contributed by atoms with Gasteiger partial charge in [-0.1, -0.05) is 0 Å². The fourth-order valence-electron chi connectivity index (χ4n) is 1.99. The van der Waals surface area contributed by atoms with Crippen LogP contribution in [0.5, 0.6) is 5.75 Å². The second kappa shape index (κ2) is 10.4. The van der Waals surface area contributed by atoms with E-state index in [1.165, 1.54) is 12.1 Å². The highest BCUT2D eigenvalue weighted by molar-refractivity contribution is 7.72. The Hall–Kier alpha value is -0.750. The lowest BCUT2D eigenvalue weighted by atomic mass is 10.3. The maximum Gasteiger partial charge on any atom is 0.383 e. The number of ether oxygens (including phenoxy) is 1. The third-order valence-electron chi connectivity index (χ3n) is 2.83. The van der Waals surface area contributed by atoms with Crippen molar-refractivity contribution in [1.29, 1.82) is 0 Å². The molecule has 0 fully saturated rings. The monoisotopic (exact) mass is 398 g/mol. The van der Waals surface area contributed by atoms with Gasteiger partial charge in [0.2, 0.25) is 0 Å². The third-order valence-corrected chi connectivity index (χ3v) is 8.29. The molecule has 0 aromatic heterocycles. The summed E-state index contributed by atoms with van der Waals surface area (Å²) in [6.45, 7) is 6.63. The zero-order chi connectivity index (χ0) is 18.9. The van der Waals surface area contributed by atoms with Crippen molar-refractivity contribution in [3.05, 3.63) is 30.1 Å². The summed E-state index contributed by atoms with van der Waals surface area (Å²) in [5.41, 5.74) is -1.63. The highest BCUT2D eigenvalue weighted by atomic mass is 31.2. The minimum absolute atomic E-state index is 0.0405. The Morgan fingerprint density at radius 3 is 1.48 bits per heavy atom. The van der Waals surface area contributed by atoms with E-state index in [1.807, 2.05) is 0 Å². The molecule has 0 amide bonds. The molecule has 0 aliphatic carbocycles. The van der Waals surface area contributed by atoms with Crippen LogP contribution in [0.1, 0.15) is 27.7 Å². The molecule has 0 bridgehead atoms. The first-order valence-corrected chi connectivity index (χ1v) is 11.3. The summed E-state index contributed by atoms with van der Waals surface area (Å²) in [5.74, 6) is -0.342. The summed E-state index contributed by atoms with van der Waals surface area (Å²) < 4.78 is 66.2. The first-order valence-electron chi connectivity index (χ1n) is 8.05. The van der Waals surface area contributed by atoms with E-state index in [0.29, 0.717) is 0 Å². The van der Waals surface area contributed by atoms with Crippen LogP contribution < -0.4 is 4.74 Å². The number of halogens is 1. The van der Waals surface area contributed by atoms with Crippen molar-refractivity contribution in [2.45, 2.75) is 33.3 Å². The van der Waals surface area contributed by atoms with Crippen LogP contribution >= 0.6 is 15.2 Å². The molecule has 0 aliphatic rings. The molecule has 0 saturated heterocycles. The van der Waals surface area contributed by atoms with E-state index in [-0.39, 0.29) is 32.2 Å². The van der Waals surface area contributed by atoms with Crippen molar-refractivity contribution in [3.63, 3.8) is 0 Å². The molecule has 0 saturated carbocycles. The van der Waals surface area contributed by atoms with Crippen LogP contribution in [0.25, 0.3) is 0 Å². The average molecular weight is 398 g/mol. The zero-order valence-electron chi connectivity index (χ0n) is 14.8. The van der Waals surface area contributed by atoms with E-state index < -0.39 is 26.6 Å². The van der Waals surface area contributed by atoms with Gasteiger partial charge in [-0.3, -0.25) is 9.13 Å². The average Bonchev–Trinajstić information content (AvgIpc) is 2.55. The molecule has 0 atom stereocenters. The molecular weight excluding hydrogens is 373 g/mol. The summed E-state index contributed by atoms with van der Waals surface area (Å²) in [5, 5.41) is 0. The molecule has 0 heterocycles. The molecule has 0 spiro atoms. The predicted octanol–water partition coefficient (Wildman–Crippen LogP) is 5.02.